The number of phenols is 1. The highest BCUT2D eigenvalue weighted by atomic mass is 16.5. The minimum Gasteiger partial charge on any atom is -0.508 e. The van der Waals surface area contributed by atoms with Gasteiger partial charge in [0.1, 0.15) is 29.6 Å². The molecule has 0 saturated heterocycles. The van der Waals surface area contributed by atoms with Crippen molar-refractivity contribution < 1.29 is 24.1 Å². The van der Waals surface area contributed by atoms with Crippen molar-refractivity contribution in [1.29, 1.82) is 0 Å². The summed E-state index contributed by atoms with van der Waals surface area (Å²) in [6.45, 7) is 3.47. The highest BCUT2D eigenvalue weighted by Gasteiger charge is 2.03. The highest BCUT2D eigenvalue weighted by Crippen LogP contribution is 2.25. The van der Waals surface area contributed by atoms with Crippen LogP contribution in [0.4, 0.5) is 4.79 Å². The van der Waals surface area contributed by atoms with Crippen LogP contribution in [0.1, 0.15) is 110 Å². The zero-order valence-electron chi connectivity index (χ0n) is 24.1. The van der Waals surface area contributed by atoms with E-state index in [1.54, 1.807) is 24.3 Å². The molecule has 39 heavy (non-hydrogen) atoms. The molecule has 0 aliphatic heterocycles. The van der Waals surface area contributed by atoms with Crippen LogP contribution >= 0.6 is 0 Å². The van der Waals surface area contributed by atoms with Gasteiger partial charge in [0.25, 0.3) is 0 Å². The van der Waals surface area contributed by atoms with Crippen molar-refractivity contribution >= 4 is 6.09 Å². The normalized spacial score (nSPS) is 10.8. The number of aromatic hydroxyl groups is 1. The van der Waals surface area contributed by atoms with Crippen molar-refractivity contribution in [3.05, 3.63) is 48.5 Å². The van der Waals surface area contributed by atoms with Gasteiger partial charge in [-0.15, -0.1) is 0 Å². The van der Waals surface area contributed by atoms with Gasteiger partial charge in [-0.1, -0.05) is 103 Å². The standard InChI is InChI=1S/C33H51NO5/c1-2-3-4-5-6-7-8-9-10-11-12-13-14-15-16-17-27-38-33(36)34-26-28-37-30-22-24-32(25-23-30)39-31-20-18-29(35)19-21-31/h18-25,35H,2-17,26-28H2,1H3,(H,34,36). The fourth-order valence-corrected chi connectivity index (χ4v) is 4.44. The summed E-state index contributed by atoms with van der Waals surface area (Å²) in [6.07, 6.45) is 20.9. The van der Waals surface area contributed by atoms with Crippen molar-refractivity contribution in [2.45, 2.75) is 110 Å². The van der Waals surface area contributed by atoms with Crippen molar-refractivity contribution in [3.63, 3.8) is 0 Å². The molecule has 0 radical (unpaired) electrons. The van der Waals surface area contributed by atoms with E-state index in [0.717, 1.165) is 12.8 Å². The largest absolute Gasteiger partial charge is 0.508 e. The predicted molar refractivity (Wildman–Crippen MR) is 159 cm³/mol. The average Bonchev–Trinajstić information content (AvgIpc) is 2.95. The first kappa shape index (κ1) is 32.3. The van der Waals surface area contributed by atoms with Gasteiger partial charge < -0.3 is 24.6 Å². The highest BCUT2D eigenvalue weighted by molar-refractivity contribution is 5.67. The average molecular weight is 542 g/mol. The summed E-state index contributed by atoms with van der Waals surface area (Å²) < 4.78 is 16.6. The molecule has 0 unspecified atom stereocenters. The summed E-state index contributed by atoms with van der Waals surface area (Å²) in [5, 5.41) is 12.1. The lowest BCUT2D eigenvalue weighted by Crippen LogP contribution is -2.29. The molecule has 0 spiro atoms. The van der Waals surface area contributed by atoms with Gasteiger partial charge in [0, 0.05) is 0 Å². The van der Waals surface area contributed by atoms with E-state index in [-0.39, 0.29) is 5.75 Å². The van der Waals surface area contributed by atoms with Gasteiger partial charge in [-0.05, 0) is 55.0 Å². The predicted octanol–water partition coefficient (Wildman–Crippen LogP) is 9.55. The van der Waals surface area contributed by atoms with E-state index >= 15 is 0 Å². The Hall–Kier alpha value is -2.89. The number of carbonyl (C=O) groups is 1. The number of hydrogen-bond donors (Lipinski definition) is 2. The van der Waals surface area contributed by atoms with Crippen LogP contribution in [0.15, 0.2) is 48.5 Å². The summed E-state index contributed by atoms with van der Waals surface area (Å²) in [7, 11) is 0. The Balaban J connectivity index is 1.34. The maximum Gasteiger partial charge on any atom is 0.407 e. The molecule has 1 amide bonds. The third kappa shape index (κ3) is 17.3. The zero-order chi connectivity index (χ0) is 27.8. The molecule has 6 heteroatoms. The number of hydrogen-bond acceptors (Lipinski definition) is 5. The Morgan fingerprint density at radius 3 is 1.56 bits per heavy atom. The van der Waals surface area contributed by atoms with E-state index in [4.69, 9.17) is 14.2 Å². The lowest BCUT2D eigenvalue weighted by Gasteiger charge is -2.10. The van der Waals surface area contributed by atoms with Crippen molar-refractivity contribution in [3.8, 4) is 23.0 Å². The molecule has 0 atom stereocenters. The summed E-state index contributed by atoms with van der Waals surface area (Å²) >= 11 is 0. The van der Waals surface area contributed by atoms with Gasteiger partial charge in [0.2, 0.25) is 0 Å². The van der Waals surface area contributed by atoms with Crippen LogP contribution in [0.5, 0.6) is 23.0 Å². The maximum absolute atomic E-state index is 11.8. The molecule has 0 fully saturated rings. The number of ether oxygens (including phenoxy) is 3. The second kappa shape index (κ2) is 22.0. The minimum atomic E-state index is -0.391. The molecular weight excluding hydrogens is 490 g/mol. The van der Waals surface area contributed by atoms with Gasteiger partial charge in [-0.25, -0.2) is 4.79 Å². The van der Waals surface area contributed by atoms with Gasteiger partial charge in [0.15, 0.2) is 0 Å². The van der Waals surface area contributed by atoms with E-state index in [0.29, 0.717) is 37.0 Å². The monoisotopic (exact) mass is 541 g/mol. The molecule has 0 aromatic heterocycles. The van der Waals surface area contributed by atoms with E-state index in [9.17, 15) is 9.90 Å². The SMILES string of the molecule is CCCCCCCCCCCCCCCCCCOC(=O)NCCOc1ccc(Oc2ccc(O)cc2)cc1. The van der Waals surface area contributed by atoms with Crippen LogP contribution in [-0.2, 0) is 4.74 Å². The molecular formula is C33H51NO5. The summed E-state index contributed by atoms with van der Waals surface area (Å²) in [5.41, 5.74) is 0. The van der Waals surface area contributed by atoms with Crippen LogP contribution in [-0.4, -0.2) is 31.0 Å². The second-order valence-electron chi connectivity index (χ2n) is 10.3. The number of phenolic OH excluding ortho intramolecular Hbond substituents is 1. The number of alkyl carbamates (subject to hydrolysis) is 1. The maximum atomic E-state index is 11.8. The molecule has 6 nitrogen and oxygen atoms in total. The fourth-order valence-electron chi connectivity index (χ4n) is 4.44. The van der Waals surface area contributed by atoms with E-state index in [2.05, 4.69) is 12.2 Å². The third-order valence-electron chi connectivity index (χ3n) is 6.77. The lowest BCUT2D eigenvalue weighted by atomic mass is 10.0. The Labute approximate surface area is 236 Å². The molecule has 2 rings (SSSR count). The van der Waals surface area contributed by atoms with E-state index in [1.165, 1.54) is 89.9 Å². The van der Waals surface area contributed by atoms with Crippen LogP contribution in [0.25, 0.3) is 0 Å². The Morgan fingerprint density at radius 2 is 1.05 bits per heavy atom. The quantitative estimate of drug-likeness (QED) is 0.137. The first-order valence-corrected chi connectivity index (χ1v) is 15.3. The topological polar surface area (TPSA) is 77.0 Å². The summed E-state index contributed by atoms with van der Waals surface area (Å²) in [6, 6.07) is 13.8. The van der Waals surface area contributed by atoms with Crippen LogP contribution in [0.2, 0.25) is 0 Å². The molecule has 2 aromatic rings. The number of rotatable bonds is 23. The van der Waals surface area contributed by atoms with E-state index < -0.39 is 6.09 Å². The van der Waals surface area contributed by atoms with Gasteiger partial charge in [0.05, 0.1) is 13.2 Å². The lowest BCUT2D eigenvalue weighted by molar-refractivity contribution is 0.142. The molecule has 0 saturated carbocycles. The van der Waals surface area contributed by atoms with Crippen molar-refractivity contribution in [2.75, 3.05) is 19.8 Å². The molecule has 2 aromatic carbocycles. The first-order chi connectivity index (χ1) is 19.2. The number of benzene rings is 2. The van der Waals surface area contributed by atoms with E-state index in [1.807, 2.05) is 24.3 Å². The number of amides is 1. The number of nitrogens with one attached hydrogen (secondary N) is 1. The summed E-state index contributed by atoms with van der Waals surface area (Å²) in [5.74, 6) is 2.20. The Bertz CT molecular complexity index is 853. The van der Waals surface area contributed by atoms with Crippen molar-refractivity contribution in [1.82, 2.24) is 5.32 Å². The number of unbranched alkanes of at least 4 members (excludes halogenated alkanes) is 15. The molecule has 0 heterocycles. The zero-order valence-corrected chi connectivity index (χ0v) is 24.1. The second-order valence-corrected chi connectivity index (χ2v) is 10.3. The molecule has 0 bridgehead atoms. The number of carbonyl (C=O) groups excluding carboxylic acids is 1. The minimum absolute atomic E-state index is 0.198. The van der Waals surface area contributed by atoms with Crippen molar-refractivity contribution in [2.24, 2.45) is 0 Å². The molecule has 2 N–H and O–H groups in total. The van der Waals surface area contributed by atoms with Crippen LogP contribution in [0.3, 0.4) is 0 Å². The Kier molecular flexibility index (Phi) is 18.2. The first-order valence-electron chi connectivity index (χ1n) is 15.3. The van der Waals surface area contributed by atoms with Gasteiger partial charge >= 0.3 is 6.09 Å². The smallest absolute Gasteiger partial charge is 0.407 e. The van der Waals surface area contributed by atoms with Gasteiger partial charge in [-0.2, -0.15) is 0 Å². The Morgan fingerprint density at radius 1 is 0.615 bits per heavy atom. The molecule has 0 aliphatic rings. The molecule has 218 valence electrons. The van der Waals surface area contributed by atoms with Crippen LogP contribution < -0.4 is 14.8 Å². The third-order valence-corrected chi connectivity index (χ3v) is 6.77. The fraction of sp³-hybridized carbons (Fsp3) is 0.606. The summed E-state index contributed by atoms with van der Waals surface area (Å²) in [4.78, 5) is 11.8. The molecule has 0 aliphatic carbocycles. The van der Waals surface area contributed by atoms with Gasteiger partial charge in [-0.3, -0.25) is 0 Å². The van der Waals surface area contributed by atoms with Crippen LogP contribution in [0, 0.1) is 0 Å².